The van der Waals surface area contributed by atoms with Gasteiger partial charge >= 0.3 is 5.97 Å². The first kappa shape index (κ1) is 15.9. The van der Waals surface area contributed by atoms with E-state index < -0.39 is 15.8 Å². The van der Waals surface area contributed by atoms with Gasteiger partial charge in [-0.05, 0) is 31.4 Å². The number of carbonyl (C=O) groups excluding carboxylic acids is 2. The average Bonchev–Trinajstić information content (AvgIpc) is 3.29. The van der Waals surface area contributed by atoms with E-state index in [9.17, 15) is 18.0 Å². The molecule has 2 heterocycles. The van der Waals surface area contributed by atoms with Gasteiger partial charge in [0.1, 0.15) is 0 Å². The Morgan fingerprint density at radius 2 is 2.04 bits per heavy atom. The van der Waals surface area contributed by atoms with Crippen LogP contribution in [-0.2, 0) is 19.4 Å². The summed E-state index contributed by atoms with van der Waals surface area (Å²) in [4.78, 5) is 29.7. The molecule has 1 aromatic rings. The fourth-order valence-electron chi connectivity index (χ4n) is 2.82. The summed E-state index contributed by atoms with van der Waals surface area (Å²) in [5.74, 6) is -0.816. The molecule has 1 saturated carbocycles. The van der Waals surface area contributed by atoms with Crippen molar-refractivity contribution < 1.29 is 22.7 Å². The number of hydrogen-bond donors (Lipinski definition) is 0. The van der Waals surface area contributed by atoms with Crippen LogP contribution < -0.4 is 0 Å². The molecule has 0 unspecified atom stereocenters. The normalized spacial score (nSPS) is 22.5. The summed E-state index contributed by atoms with van der Waals surface area (Å²) in [6, 6.07) is 2.95. The monoisotopic (exact) mass is 338 g/mol. The maximum absolute atomic E-state index is 12.4. The van der Waals surface area contributed by atoms with Gasteiger partial charge in [-0.1, -0.05) is 0 Å². The van der Waals surface area contributed by atoms with Crippen LogP contribution in [0.15, 0.2) is 24.5 Å². The van der Waals surface area contributed by atoms with E-state index in [-0.39, 0.29) is 41.7 Å². The third kappa shape index (κ3) is 3.87. The van der Waals surface area contributed by atoms with Crippen molar-refractivity contribution in [2.75, 3.05) is 18.1 Å². The molecule has 0 radical (unpaired) electrons. The molecule has 23 heavy (non-hydrogen) atoms. The summed E-state index contributed by atoms with van der Waals surface area (Å²) in [7, 11) is -3.06. The number of carbonyl (C=O) groups is 2. The van der Waals surface area contributed by atoms with Crippen molar-refractivity contribution in [1.82, 2.24) is 9.88 Å². The zero-order valence-corrected chi connectivity index (χ0v) is 13.4. The van der Waals surface area contributed by atoms with Crippen molar-refractivity contribution in [3.63, 3.8) is 0 Å². The molecule has 2 aliphatic rings. The van der Waals surface area contributed by atoms with Crippen LogP contribution in [-0.4, -0.2) is 60.4 Å². The van der Waals surface area contributed by atoms with Crippen LogP contribution in [0.1, 0.15) is 29.6 Å². The SMILES string of the molecule is O=C(OCC(=O)N(C1CC1)[C@@H]1CCS(=O)(=O)C1)c1cccnc1. The molecule has 1 saturated heterocycles. The van der Waals surface area contributed by atoms with E-state index in [1.54, 1.807) is 17.0 Å². The molecule has 1 amide bonds. The molecule has 0 aromatic carbocycles. The standard InChI is InChI=1S/C15H18N2O5S/c18-14(9-22-15(19)11-2-1-6-16-8-11)17(12-3-4-12)13-5-7-23(20,21)10-13/h1-2,6,8,12-13H,3-5,7,9-10H2/t13-/m1/s1. The lowest BCUT2D eigenvalue weighted by Gasteiger charge is -2.28. The Morgan fingerprint density at radius 3 is 2.61 bits per heavy atom. The van der Waals surface area contributed by atoms with E-state index in [0.29, 0.717) is 6.42 Å². The summed E-state index contributed by atoms with van der Waals surface area (Å²) < 4.78 is 28.3. The van der Waals surface area contributed by atoms with Gasteiger partial charge in [-0.3, -0.25) is 9.78 Å². The highest BCUT2D eigenvalue weighted by molar-refractivity contribution is 7.91. The zero-order valence-electron chi connectivity index (χ0n) is 12.6. The van der Waals surface area contributed by atoms with Gasteiger partial charge in [-0.15, -0.1) is 0 Å². The molecular formula is C15H18N2O5S. The van der Waals surface area contributed by atoms with Crippen molar-refractivity contribution in [1.29, 1.82) is 0 Å². The van der Waals surface area contributed by atoms with Crippen molar-refractivity contribution >= 4 is 21.7 Å². The number of aromatic nitrogens is 1. The lowest BCUT2D eigenvalue weighted by Crippen LogP contribution is -2.44. The number of nitrogens with zero attached hydrogens (tertiary/aromatic N) is 2. The van der Waals surface area contributed by atoms with Crippen LogP contribution in [0.2, 0.25) is 0 Å². The molecule has 124 valence electrons. The molecule has 1 aromatic heterocycles. The van der Waals surface area contributed by atoms with Gasteiger partial charge in [0, 0.05) is 24.5 Å². The van der Waals surface area contributed by atoms with Crippen molar-refractivity contribution in [2.24, 2.45) is 0 Å². The number of hydrogen-bond acceptors (Lipinski definition) is 6. The van der Waals surface area contributed by atoms with Gasteiger partial charge < -0.3 is 9.64 Å². The fraction of sp³-hybridized carbons (Fsp3) is 0.533. The quantitative estimate of drug-likeness (QED) is 0.722. The van der Waals surface area contributed by atoms with E-state index in [2.05, 4.69) is 4.98 Å². The first-order valence-corrected chi connectivity index (χ1v) is 9.37. The molecule has 8 heteroatoms. The molecular weight excluding hydrogens is 320 g/mol. The summed E-state index contributed by atoms with van der Waals surface area (Å²) in [5.41, 5.74) is 0.279. The van der Waals surface area contributed by atoms with E-state index >= 15 is 0 Å². The molecule has 0 bridgehead atoms. The van der Waals surface area contributed by atoms with Crippen molar-refractivity contribution in [3.05, 3.63) is 30.1 Å². The molecule has 1 aliphatic heterocycles. The van der Waals surface area contributed by atoms with E-state index in [4.69, 9.17) is 4.74 Å². The Labute approximate surface area is 134 Å². The first-order valence-electron chi connectivity index (χ1n) is 7.55. The molecule has 1 atom stereocenters. The second-order valence-electron chi connectivity index (χ2n) is 5.91. The molecule has 0 N–H and O–H groups in total. The topological polar surface area (TPSA) is 93.6 Å². The summed E-state index contributed by atoms with van der Waals surface area (Å²) in [6.45, 7) is -0.374. The Balaban J connectivity index is 1.60. The van der Waals surface area contributed by atoms with Crippen molar-refractivity contribution in [2.45, 2.75) is 31.3 Å². The predicted octanol–water partition coefficient (Wildman–Crippen LogP) is 0.416. The highest BCUT2D eigenvalue weighted by atomic mass is 32.2. The van der Waals surface area contributed by atoms with Gasteiger partial charge in [-0.25, -0.2) is 13.2 Å². The Bertz CT molecular complexity index is 700. The summed E-state index contributed by atoms with van der Waals surface area (Å²) >= 11 is 0. The number of pyridine rings is 1. The highest BCUT2D eigenvalue weighted by Gasteiger charge is 2.42. The summed E-state index contributed by atoms with van der Waals surface area (Å²) in [6.07, 6.45) is 5.12. The first-order chi connectivity index (χ1) is 11.0. The van der Waals surface area contributed by atoms with E-state index in [1.807, 2.05) is 0 Å². The lowest BCUT2D eigenvalue weighted by molar-refractivity contribution is -0.137. The maximum atomic E-state index is 12.4. The largest absolute Gasteiger partial charge is 0.452 e. The summed E-state index contributed by atoms with van der Waals surface area (Å²) in [5, 5.41) is 0. The van der Waals surface area contributed by atoms with Crippen LogP contribution in [0.5, 0.6) is 0 Å². The third-order valence-corrected chi connectivity index (χ3v) is 5.80. The Hall–Kier alpha value is -1.96. The minimum atomic E-state index is -3.06. The fourth-order valence-corrected chi connectivity index (χ4v) is 4.53. The second kappa shape index (κ2) is 6.27. The molecule has 0 spiro atoms. The van der Waals surface area contributed by atoms with Crippen LogP contribution in [0.3, 0.4) is 0 Å². The smallest absolute Gasteiger partial charge is 0.340 e. The minimum Gasteiger partial charge on any atom is -0.452 e. The van der Waals surface area contributed by atoms with Gasteiger partial charge in [0.15, 0.2) is 16.4 Å². The van der Waals surface area contributed by atoms with Crippen LogP contribution in [0, 0.1) is 0 Å². The zero-order chi connectivity index (χ0) is 16.4. The molecule has 3 rings (SSSR count). The lowest BCUT2D eigenvalue weighted by atomic mass is 10.2. The number of esters is 1. The minimum absolute atomic E-state index is 0.00575. The molecule has 7 nitrogen and oxygen atoms in total. The van der Waals surface area contributed by atoms with Gasteiger partial charge in [0.05, 0.1) is 17.1 Å². The van der Waals surface area contributed by atoms with Gasteiger partial charge in [0.2, 0.25) is 0 Å². The Kier molecular flexibility index (Phi) is 4.34. The second-order valence-corrected chi connectivity index (χ2v) is 8.14. The van der Waals surface area contributed by atoms with E-state index in [0.717, 1.165) is 12.8 Å². The molecule has 1 aliphatic carbocycles. The third-order valence-electron chi connectivity index (χ3n) is 4.05. The van der Waals surface area contributed by atoms with Crippen molar-refractivity contribution in [3.8, 4) is 0 Å². The van der Waals surface area contributed by atoms with Gasteiger partial charge in [0.25, 0.3) is 5.91 Å². The predicted molar refractivity (Wildman–Crippen MR) is 81.4 cm³/mol. The Morgan fingerprint density at radius 1 is 1.26 bits per heavy atom. The van der Waals surface area contributed by atoms with Crippen LogP contribution in [0.25, 0.3) is 0 Å². The van der Waals surface area contributed by atoms with Crippen LogP contribution in [0.4, 0.5) is 0 Å². The number of ether oxygens (including phenoxy) is 1. The highest BCUT2D eigenvalue weighted by Crippen LogP contribution is 2.32. The average molecular weight is 338 g/mol. The maximum Gasteiger partial charge on any atom is 0.340 e. The van der Waals surface area contributed by atoms with Gasteiger partial charge in [-0.2, -0.15) is 0 Å². The van der Waals surface area contributed by atoms with Crippen LogP contribution >= 0.6 is 0 Å². The number of sulfone groups is 1. The molecule has 2 fully saturated rings. The number of rotatable bonds is 5. The van der Waals surface area contributed by atoms with E-state index in [1.165, 1.54) is 12.4 Å². The number of amides is 1.